The van der Waals surface area contributed by atoms with E-state index in [1.807, 2.05) is 13.8 Å². The number of carbonyl (C=O) groups excluding carboxylic acids is 2. The first kappa shape index (κ1) is 17.4. The summed E-state index contributed by atoms with van der Waals surface area (Å²) < 4.78 is 0. The molecule has 0 aromatic heterocycles. The molecular formula is C13H23N7O3. The normalized spacial score (nSPS) is 20.0. The number of nitrogens with one attached hydrogen (secondary N) is 3. The number of amides is 2. The molecule has 2 aliphatic heterocycles. The topological polar surface area (TPSA) is 140 Å². The Morgan fingerprint density at radius 2 is 1.57 bits per heavy atom. The first-order chi connectivity index (χ1) is 10.9. The Hall–Kier alpha value is -1.94. The monoisotopic (exact) mass is 325 g/mol. The lowest BCUT2D eigenvalue weighted by molar-refractivity contribution is -0.128. The summed E-state index contributed by atoms with van der Waals surface area (Å²) in [7, 11) is 0. The number of carbonyl (C=O) groups is 2. The van der Waals surface area contributed by atoms with Gasteiger partial charge in [0.05, 0.1) is 13.2 Å². The van der Waals surface area contributed by atoms with Crippen LogP contribution in [0.5, 0.6) is 0 Å². The molecule has 1 unspecified atom stereocenters. The second-order valence-electron chi connectivity index (χ2n) is 6.09. The highest BCUT2D eigenvalue weighted by Crippen LogP contribution is 2.30. The maximum atomic E-state index is 11.9. The second-order valence-corrected chi connectivity index (χ2v) is 6.09. The summed E-state index contributed by atoms with van der Waals surface area (Å²) in [6.45, 7) is 4.23. The van der Waals surface area contributed by atoms with Gasteiger partial charge in [-0.05, 0) is 13.8 Å². The Bertz CT molecular complexity index is 508. The van der Waals surface area contributed by atoms with Crippen molar-refractivity contribution in [1.29, 1.82) is 0 Å². The van der Waals surface area contributed by atoms with Crippen molar-refractivity contribution in [3.8, 4) is 0 Å². The van der Waals surface area contributed by atoms with E-state index in [0.717, 1.165) is 0 Å². The smallest absolute Gasteiger partial charge is 0.239 e. The van der Waals surface area contributed by atoms with Gasteiger partial charge >= 0.3 is 0 Å². The maximum absolute atomic E-state index is 11.9. The van der Waals surface area contributed by atoms with Crippen molar-refractivity contribution < 1.29 is 14.7 Å². The average Bonchev–Trinajstić information content (AvgIpc) is 3.42. The van der Waals surface area contributed by atoms with Gasteiger partial charge in [0.15, 0.2) is 11.3 Å². The summed E-state index contributed by atoms with van der Waals surface area (Å²) in [5.74, 6) is -0.709. The first-order valence-electron chi connectivity index (χ1n) is 7.63. The van der Waals surface area contributed by atoms with Crippen LogP contribution in [0.25, 0.3) is 0 Å². The Kier molecular flexibility index (Phi) is 5.37. The molecule has 0 saturated carbocycles. The number of aliphatic hydroxyl groups excluding tert-OH is 1. The third-order valence-electron chi connectivity index (χ3n) is 3.72. The molecule has 0 fully saturated rings. The average molecular weight is 325 g/mol. The highest BCUT2D eigenvalue weighted by atomic mass is 16.3. The molecule has 10 heteroatoms. The highest BCUT2D eigenvalue weighted by Gasteiger charge is 2.34. The van der Waals surface area contributed by atoms with Gasteiger partial charge in [-0.3, -0.25) is 9.59 Å². The van der Waals surface area contributed by atoms with E-state index in [1.54, 1.807) is 0 Å². The van der Waals surface area contributed by atoms with E-state index in [4.69, 9.17) is 0 Å². The van der Waals surface area contributed by atoms with Gasteiger partial charge in [-0.15, -0.1) is 0 Å². The summed E-state index contributed by atoms with van der Waals surface area (Å²) in [5.41, 5.74) is -0.695. The van der Waals surface area contributed by atoms with Crippen LogP contribution >= 0.6 is 0 Å². The molecule has 0 aliphatic carbocycles. The van der Waals surface area contributed by atoms with Crippen molar-refractivity contribution in [2.45, 2.75) is 44.1 Å². The largest absolute Gasteiger partial charge is 0.394 e. The SMILES string of the molecule is CC1(CCNC(=O)CNC(=O)C(CO)NCCC2(C)N=N2)N=N1. The highest BCUT2D eigenvalue weighted by molar-refractivity contribution is 5.87. The molecule has 1 atom stereocenters. The predicted molar refractivity (Wildman–Crippen MR) is 80.7 cm³/mol. The number of hydrogen-bond donors (Lipinski definition) is 4. The Morgan fingerprint density at radius 3 is 2.09 bits per heavy atom. The molecule has 4 N–H and O–H groups in total. The molecule has 2 rings (SSSR count). The van der Waals surface area contributed by atoms with Gasteiger partial charge in [-0.25, -0.2) is 0 Å². The van der Waals surface area contributed by atoms with Crippen LogP contribution in [-0.4, -0.2) is 60.5 Å². The fourth-order valence-electron chi connectivity index (χ4n) is 1.89. The van der Waals surface area contributed by atoms with E-state index in [-0.39, 0.29) is 30.4 Å². The van der Waals surface area contributed by atoms with Crippen LogP contribution < -0.4 is 16.0 Å². The van der Waals surface area contributed by atoms with Crippen molar-refractivity contribution in [1.82, 2.24) is 16.0 Å². The van der Waals surface area contributed by atoms with Gasteiger partial charge in [0.25, 0.3) is 0 Å². The van der Waals surface area contributed by atoms with Gasteiger partial charge in [0.2, 0.25) is 11.8 Å². The molecule has 0 aromatic carbocycles. The zero-order chi connectivity index (χ0) is 16.9. The van der Waals surface area contributed by atoms with Crippen LogP contribution in [-0.2, 0) is 9.59 Å². The molecule has 2 heterocycles. The van der Waals surface area contributed by atoms with Gasteiger partial charge in [-0.2, -0.15) is 20.5 Å². The minimum absolute atomic E-state index is 0.135. The van der Waals surface area contributed by atoms with E-state index in [9.17, 15) is 14.7 Å². The van der Waals surface area contributed by atoms with Crippen LogP contribution in [0.15, 0.2) is 20.5 Å². The molecule has 0 spiro atoms. The molecule has 0 saturated heterocycles. The van der Waals surface area contributed by atoms with Gasteiger partial charge in [0.1, 0.15) is 6.04 Å². The molecule has 23 heavy (non-hydrogen) atoms. The minimum Gasteiger partial charge on any atom is -0.394 e. The number of rotatable bonds is 11. The molecule has 10 nitrogen and oxygen atoms in total. The number of nitrogens with zero attached hydrogens (tertiary/aromatic N) is 4. The number of hydrogen-bond acceptors (Lipinski definition) is 8. The van der Waals surface area contributed by atoms with Gasteiger partial charge < -0.3 is 21.1 Å². The summed E-state index contributed by atoms with van der Waals surface area (Å²) in [6, 6.07) is -0.756. The third-order valence-corrected chi connectivity index (χ3v) is 3.72. The lowest BCUT2D eigenvalue weighted by atomic mass is 10.2. The summed E-state index contributed by atoms with van der Waals surface area (Å²) in [4.78, 5) is 23.5. The van der Waals surface area contributed by atoms with Crippen LogP contribution in [0.4, 0.5) is 0 Å². The lowest BCUT2D eigenvalue weighted by Gasteiger charge is -2.16. The Balaban J connectivity index is 1.56. The molecule has 128 valence electrons. The van der Waals surface area contributed by atoms with Crippen LogP contribution in [0.2, 0.25) is 0 Å². The molecule has 2 amide bonds. The van der Waals surface area contributed by atoms with Crippen LogP contribution in [0, 0.1) is 0 Å². The van der Waals surface area contributed by atoms with Gasteiger partial charge in [0, 0.05) is 25.9 Å². The molecule has 2 aliphatic rings. The fraction of sp³-hybridized carbons (Fsp3) is 0.846. The summed E-state index contributed by atoms with van der Waals surface area (Å²) in [5, 5.41) is 32.8. The number of aliphatic hydroxyl groups is 1. The van der Waals surface area contributed by atoms with Crippen LogP contribution in [0.3, 0.4) is 0 Å². The molecular weight excluding hydrogens is 302 g/mol. The Labute approximate surface area is 134 Å². The molecule has 0 aromatic rings. The maximum Gasteiger partial charge on any atom is 0.239 e. The lowest BCUT2D eigenvalue weighted by Crippen LogP contribution is -2.49. The second kappa shape index (κ2) is 7.09. The Morgan fingerprint density at radius 1 is 1.00 bits per heavy atom. The van der Waals surface area contributed by atoms with Crippen molar-refractivity contribution in [3.05, 3.63) is 0 Å². The van der Waals surface area contributed by atoms with E-state index >= 15 is 0 Å². The predicted octanol–water partition coefficient (Wildman–Crippen LogP) is -0.686. The van der Waals surface area contributed by atoms with E-state index in [0.29, 0.717) is 25.9 Å². The van der Waals surface area contributed by atoms with E-state index in [1.165, 1.54) is 0 Å². The van der Waals surface area contributed by atoms with Crippen molar-refractivity contribution >= 4 is 11.8 Å². The third kappa shape index (κ3) is 5.99. The van der Waals surface area contributed by atoms with Crippen molar-refractivity contribution in [2.75, 3.05) is 26.2 Å². The zero-order valence-electron chi connectivity index (χ0n) is 13.4. The quantitative estimate of drug-likeness (QED) is 0.399. The van der Waals surface area contributed by atoms with Crippen LogP contribution in [0.1, 0.15) is 26.7 Å². The summed E-state index contributed by atoms with van der Waals surface area (Å²) >= 11 is 0. The molecule has 0 bridgehead atoms. The first-order valence-corrected chi connectivity index (χ1v) is 7.63. The van der Waals surface area contributed by atoms with Crippen molar-refractivity contribution in [3.63, 3.8) is 0 Å². The van der Waals surface area contributed by atoms with E-state index < -0.39 is 11.9 Å². The molecule has 0 radical (unpaired) electrons. The minimum atomic E-state index is -0.756. The van der Waals surface area contributed by atoms with Crippen molar-refractivity contribution in [2.24, 2.45) is 20.5 Å². The van der Waals surface area contributed by atoms with E-state index in [2.05, 4.69) is 36.4 Å². The summed E-state index contributed by atoms with van der Waals surface area (Å²) in [6.07, 6.45) is 1.30. The standard InChI is InChI=1S/C13H23N7O3/c1-12(17-18-12)3-5-14-9(8-21)11(23)16-7-10(22)15-6-4-13(2)19-20-13/h9,14,21H,3-8H2,1-2H3,(H,15,22)(H,16,23). The zero-order valence-corrected chi connectivity index (χ0v) is 13.4. The fourth-order valence-corrected chi connectivity index (χ4v) is 1.89. The van der Waals surface area contributed by atoms with Gasteiger partial charge in [-0.1, -0.05) is 0 Å².